The van der Waals surface area contributed by atoms with Gasteiger partial charge in [-0.3, -0.25) is 0 Å². The second-order valence-corrected chi connectivity index (χ2v) is 3.10. The molecule has 0 saturated carbocycles. The number of hydrogen-bond donors (Lipinski definition) is 0. The van der Waals surface area contributed by atoms with Crippen molar-refractivity contribution in [2.75, 3.05) is 13.7 Å². The molecule has 0 unspecified atom stereocenters. The lowest BCUT2D eigenvalue weighted by Crippen LogP contribution is -2.11. The Morgan fingerprint density at radius 2 is 2.06 bits per heavy atom. The second kappa shape index (κ2) is 6.95. The van der Waals surface area contributed by atoms with Crippen molar-refractivity contribution in [2.45, 2.75) is 0 Å². The molecule has 0 aromatic heterocycles. The molecule has 5 heteroatoms. The molecule has 1 aromatic carbocycles. The summed E-state index contributed by atoms with van der Waals surface area (Å²) in [7, 11) is 1.50. The van der Waals surface area contributed by atoms with Crippen LogP contribution in [0.2, 0.25) is 0 Å². The quantitative estimate of drug-likeness (QED) is 0.369. The predicted molar refractivity (Wildman–Crippen MR) is 66.8 cm³/mol. The maximum absolute atomic E-state index is 11.2. The van der Waals surface area contributed by atoms with E-state index in [0.717, 1.165) is 0 Å². The highest BCUT2D eigenvalue weighted by Crippen LogP contribution is 2.25. The highest BCUT2D eigenvalue weighted by molar-refractivity contribution is 14.1. The Labute approximate surface area is 107 Å². The van der Waals surface area contributed by atoms with Crippen molar-refractivity contribution in [1.29, 1.82) is 0 Å². The van der Waals surface area contributed by atoms with Crippen LogP contribution < -0.4 is 9.47 Å². The zero-order valence-corrected chi connectivity index (χ0v) is 10.7. The number of carbonyl (C=O) groups excluding carboxylic acids is 1. The largest absolute Gasteiger partial charge is 0.514 e. The van der Waals surface area contributed by atoms with Crippen molar-refractivity contribution in [3.63, 3.8) is 0 Å². The minimum atomic E-state index is -0.802. The van der Waals surface area contributed by atoms with Crippen molar-refractivity contribution >= 4 is 28.7 Å². The van der Waals surface area contributed by atoms with Crippen LogP contribution in [0.3, 0.4) is 0 Å². The first-order valence-electron chi connectivity index (χ1n) is 4.34. The first-order valence-corrected chi connectivity index (χ1v) is 5.42. The molecular weight excluding hydrogens is 323 g/mol. The van der Waals surface area contributed by atoms with Crippen molar-refractivity contribution < 1.29 is 19.0 Å². The summed E-state index contributed by atoms with van der Waals surface area (Å²) < 4.78 is 17.2. The number of hydrogen-bond acceptors (Lipinski definition) is 4. The van der Waals surface area contributed by atoms with E-state index < -0.39 is 6.16 Å². The van der Waals surface area contributed by atoms with Gasteiger partial charge < -0.3 is 14.2 Å². The third kappa shape index (κ3) is 3.98. The van der Waals surface area contributed by atoms with Gasteiger partial charge in [0.15, 0.2) is 18.1 Å². The summed E-state index contributed by atoms with van der Waals surface area (Å²) >= 11 is 1.86. The number of halogens is 1. The molecule has 0 bridgehead atoms. The van der Waals surface area contributed by atoms with Crippen LogP contribution in [-0.2, 0) is 4.74 Å². The molecule has 0 aliphatic rings. The van der Waals surface area contributed by atoms with Crippen molar-refractivity contribution in [1.82, 2.24) is 0 Å². The van der Waals surface area contributed by atoms with E-state index in [0.29, 0.717) is 11.5 Å². The van der Waals surface area contributed by atoms with E-state index >= 15 is 0 Å². The standard InChI is InChI=1S/C11H9IO4/c1-14-9-5-2-3-6-10(9)16-11(13)15-8-4-7-12/h2-3,5-6H,8H2,1H3. The molecule has 0 atom stereocenters. The average molecular weight is 332 g/mol. The van der Waals surface area contributed by atoms with Crippen molar-refractivity contribution in [2.24, 2.45) is 0 Å². The maximum Gasteiger partial charge on any atom is 0.514 e. The molecule has 0 N–H and O–H groups in total. The summed E-state index contributed by atoms with van der Waals surface area (Å²) in [4.78, 5) is 11.2. The van der Waals surface area contributed by atoms with E-state index in [1.54, 1.807) is 24.3 Å². The summed E-state index contributed by atoms with van der Waals surface area (Å²) in [6, 6.07) is 6.81. The molecule has 0 amide bonds. The van der Waals surface area contributed by atoms with E-state index in [9.17, 15) is 4.79 Å². The van der Waals surface area contributed by atoms with Gasteiger partial charge in [0.05, 0.1) is 7.11 Å². The van der Waals surface area contributed by atoms with Gasteiger partial charge in [0.2, 0.25) is 0 Å². The SMILES string of the molecule is COc1ccccc1OC(=O)OCC#CI. The smallest absolute Gasteiger partial charge is 0.493 e. The fraction of sp³-hybridized carbons (Fsp3) is 0.182. The first-order chi connectivity index (χ1) is 7.77. The van der Waals surface area contributed by atoms with Crippen LogP contribution in [0.4, 0.5) is 4.79 Å². The van der Waals surface area contributed by atoms with Crippen molar-refractivity contribution in [3.05, 3.63) is 24.3 Å². The Morgan fingerprint density at radius 3 is 2.69 bits per heavy atom. The third-order valence-electron chi connectivity index (χ3n) is 1.59. The third-order valence-corrected chi connectivity index (χ3v) is 1.97. The topological polar surface area (TPSA) is 44.8 Å². The Hall–Kier alpha value is -1.42. The molecule has 0 radical (unpaired) electrons. The summed E-state index contributed by atoms with van der Waals surface area (Å²) in [6.45, 7) is 0.0108. The van der Waals surface area contributed by atoms with Crippen LogP contribution in [0.5, 0.6) is 11.5 Å². The van der Waals surface area contributed by atoms with Gasteiger partial charge in [-0.2, -0.15) is 0 Å². The normalized spacial score (nSPS) is 8.62. The molecule has 0 heterocycles. The number of carbonyl (C=O) groups is 1. The molecule has 16 heavy (non-hydrogen) atoms. The van der Waals surface area contributed by atoms with Gasteiger partial charge in [0.1, 0.15) is 0 Å². The fourth-order valence-electron chi connectivity index (χ4n) is 0.945. The lowest BCUT2D eigenvalue weighted by molar-refractivity contribution is 0.110. The first kappa shape index (κ1) is 12.6. The number of methoxy groups -OCH3 is 1. The molecule has 0 aliphatic heterocycles. The second-order valence-electron chi connectivity index (χ2n) is 2.56. The van der Waals surface area contributed by atoms with Gasteiger partial charge >= 0.3 is 6.16 Å². The molecule has 0 fully saturated rings. The Kier molecular flexibility index (Phi) is 5.50. The molecule has 0 spiro atoms. The van der Waals surface area contributed by atoms with Crippen LogP contribution in [-0.4, -0.2) is 19.9 Å². The highest BCUT2D eigenvalue weighted by Gasteiger charge is 2.09. The number of rotatable bonds is 3. The molecule has 1 rings (SSSR count). The fourth-order valence-corrected chi connectivity index (χ4v) is 1.10. The van der Waals surface area contributed by atoms with E-state index in [2.05, 4.69) is 9.85 Å². The molecule has 1 aromatic rings. The summed E-state index contributed by atoms with van der Waals surface area (Å²) in [5, 5.41) is 0. The Bertz CT molecular complexity index is 419. The van der Waals surface area contributed by atoms with E-state index in [1.165, 1.54) is 7.11 Å². The van der Waals surface area contributed by atoms with Gasteiger partial charge in [0, 0.05) is 22.6 Å². The van der Waals surface area contributed by atoms with Crippen LogP contribution in [0.15, 0.2) is 24.3 Å². The van der Waals surface area contributed by atoms with Crippen LogP contribution in [0.25, 0.3) is 0 Å². The van der Waals surface area contributed by atoms with E-state index in [-0.39, 0.29) is 6.61 Å². The molecule has 84 valence electrons. The average Bonchev–Trinajstić information content (AvgIpc) is 2.30. The molecule has 4 nitrogen and oxygen atoms in total. The van der Waals surface area contributed by atoms with Gasteiger partial charge in [-0.25, -0.2) is 4.79 Å². The zero-order valence-electron chi connectivity index (χ0n) is 8.53. The summed E-state index contributed by atoms with van der Waals surface area (Å²) in [6.07, 6.45) is -0.802. The van der Waals surface area contributed by atoms with Gasteiger partial charge in [-0.15, -0.1) is 0 Å². The van der Waals surface area contributed by atoms with Gasteiger partial charge in [-0.1, -0.05) is 18.1 Å². The molecule has 0 saturated heterocycles. The minimum Gasteiger partial charge on any atom is -0.493 e. The lowest BCUT2D eigenvalue weighted by Gasteiger charge is -2.07. The Balaban J connectivity index is 2.57. The van der Waals surface area contributed by atoms with Crippen LogP contribution in [0.1, 0.15) is 0 Å². The molecule has 0 aliphatic carbocycles. The monoisotopic (exact) mass is 332 g/mol. The zero-order chi connectivity index (χ0) is 11.8. The van der Waals surface area contributed by atoms with Gasteiger partial charge in [0.25, 0.3) is 0 Å². The van der Waals surface area contributed by atoms with Crippen LogP contribution in [0, 0.1) is 9.85 Å². The van der Waals surface area contributed by atoms with Crippen LogP contribution >= 0.6 is 22.6 Å². The van der Waals surface area contributed by atoms with Crippen molar-refractivity contribution in [3.8, 4) is 21.3 Å². The summed E-state index contributed by atoms with van der Waals surface area (Å²) in [5.41, 5.74) is 0. The van der Waals surface area contributed by atoms with E-state index in [1.807, 2.05) is 22.6 Å². The number of para-hydroxylation sites is 2. The maximum atomic E-state index is 11.2. The summed E-state index contributed by atoms with van der Waals surface area (Å²) in [5.74, 6) is 3.36. The Morgan fingerprint density at radius 1 is 1.38 bits per heavy atom. The lowest BCUT2D eigenvalue weighted by atomic mass is 10.3. The predicted octanol–water partition coefficient (Wildman–Crippen LogP) is 2.61. The van der Waals surface area contributed by atoms with E-state index in [4.69, 9.17) is 14.2 Å². The van der Waals surface area contributed by atoms with Gasteiger partial charge in [-0.05, 0) is 16.1 Å². The molecular formula is C11H9IO4. The highest BCUT2D eigenvalue weighted by atomic mass is 127. The number of ether oxygens (including phenoxy) is 3. The minimum absolute atomic E-state index is 0.0108. The number of benzene rings is 1.